The highest BCUT2D eigenvalue weighted by Gasteiger charge is 2.41. The predicted octanol–water partition coefficient (Wildman–Crippen LogP) is 1.07. The lowest BCUT2D eigenvalue weighted by molar-refractivity contribution is -0.155. The highest BCUT2D eigenvalue weighted by Crippen LogP contribution is 2.66. The van der Waals surface area contributed by atoms with E-state index >= 15 is 0 Å². The van der Waals surface area contributed by atoms with Crippen molar-refractivity contribution in [1.82, 2.24) is 9.55 Å². The number of unbranched alkanes of at least 4 members (excludes halogenated alkanes) is 2. The summed E-state index contributed by atoms with van der Waals surface area (Å²) < 4.78 is 62.8. The molecular weight excluding hydrogens is 695 g/mol. The van der Waals surface area contributed by atoms with Gasteiger partial charge in [-0.1, -0.05) is 11.8 Å². The minimum atomic E-state index is -5.68. The number of ether oxygens (including phenoxy) is 3. The molecule has 1 saturated heterocycles. The Morgan fingerprint density at radius 3 is 2.43 bits per heavy atom. The summed E-state index contributed by atoms with van der Waals surface area (Å²) >= 11 is 0. The van der Waals surface area contributed by atoms with E-state index in [9.17, 15) is 42.7 Å². The zero-order chi connectivity index (χ0) is 35.6. The van der Waals surface area contributed by atoms with E-state index in [2.05, 4.69) is 30.0 Å². The van der Waals surface area contributed by atoms with Gasteiger partial charge in [0.05, 0.1) is 19.3 Å². The molecule has 1 aliphatic heterocycles. The number of nitrogens with one attached hydrogen (secondary N) is 1. The Morgan fingerprint density at radius 1 is 1.11 bits per heavy atom. The Bertz CT molecular complexity index is 1580. The molecule has 0 saturated carbocycles. The molecule has 23 heteroatoms. The van der Waals surface area contributed by atoms with Crippen LogP contribution in [0.1, 0.15) is 77.5 Å². The van der Waals surface area contributed by atoms with Crippen LogP contribution in [0, 0.1) is 11.8 Å². The quantitative estimate of drug-likeness (QED) is 0.0599. The molecule has 0 radical (unpaired) electrons. The van der Waals surface area contributed by atoms with Gasteiger partial charge in [-0.05, 0) is 52.9 Å². The van der Waals surface area contributed by atoms with Crippen LogP contribution in [0.3, 0.4) is 0 Å². The van der Waals surface area contributed by atoms with Crippen LogP contribution in [0.5, 0.6) is 0 Å². The van der Waals surface area contributed by atoms with E-state index in [-0.39, 0.29) is 37.9 Å². The van der Waals surface area contributed by atoms with Gasteiger partial charge in [0.25, 0.3) is 5.56 Å². The van der Waals surface area contributed by atoms with Gasteiger partial charge >= 0.3 is 41.1 Å². The maximum atomic E-state index is 12.4. The molecule has 7 N–H and O–H groups in total. The maximum absolute atomic E-state index is 12.4. The van der Waals surface area contributed by atoms with Crippen LogP contribution in [0.25, 0.3) is 0 Å². The Labute approximate surface area is 268 Å². The van der Waals surface area contributed by atoms with Crippen LogP contribution in [-0.4, -0.2) is 72.0 Å². The first-order valence-corrected chi connectivity index (χ1v) is 18.5. The Hall–Kier alpha value is -2.49. The molecule has 2 heterocycles. The third-order valence-corrected chi connectivity index (χ3v) is 9.55. The first kappa shape index (κ1) is 40.7. The van der Waals surface area contributed by atoms with Gasteiger partial charge in [0, 0.05) is 19.0 Å². The Morgan fingerprint density at radius 2 is 1.79 bits per heavy atom. The fourth-order valence-corrected chi connectivity index (χ4v) is 6.87. The van der Waals surface area contributed by atoms with Crippen molar-refractivity contribution in [2.75, 3.05) is 13.2 Å². The monoisotopic (exact) mass is 733 g/mol. The SMILES string of the molecule is CC(C)(C)OC(=O)CCC(N)C(=O)OCCCCC#Cc1cn([C@H]2CC[C@@H](COP(=O)(O)OP(=O)(O)OP(=O)(O)O)O2)c(=O)[nH]c1=O. The number of carbonyl (C=O) groups excluding carboxylic acids is 2. The molecule has 20 nitrogen and oxygen atoms in total. The molecule has 2 rings (SSSR count). The number of aromatic amines is 1. The van der Waals surface area contributed by atoms with Gasteiger partial charge in [-0.15, -0.1) is 0 Å². The van der Waals surface area contributed by atoms with E-state index in [0.29, 0.717) is 19.3 Å². The molecule has 5 atom stereocenters. The minimum absolute atomic E-state index is 0.0296. The topological polar surface area (TPSA) is 303 Å². The Kier molecular flexibility index (Phi) is 14.9. The standard InChI is InChI=1S/C24H38N3O17P3/c1-24(2,3)42-20(28)12-10-18(25)22(30)39-13-7-5-4-6-8-16-14-27(23(31)26-21(16)29)19-11-9-17(41-19)15-40-46(35,36)44-47(37,38)43-45(32,33)34/h14,17-19H,4-5,7,9-13,15,25H2,1-3H3,(H,35,36)(H,37,38)(H,26,29,31)(H2,32,33,34)/t17-,18?,19+/m0/s1. The fraction of sp³-hybridized carbons (Fsp3) is 0.667. The van der Waals surface area contributed by atoms with Crippen molar-refractivity contribution in [3.05, 3.63) is 32.6 Å². The largest absolute Gasteiger partial charge is 0.490 e. The van der Waals surface area contributed by atoms with E-state index in [4.69, 9.17) is 29.7 Å². The molecule has 3 unspecified atom stereocenters. The average molecular weight is 733 g/mol. The highest BCUT2D eigenvalue weighted by molar-refractivity contribution is 7.66. The van der Waals surface area contributed by atoms with Crippen molar-refractivity contribution < 1.29 is 70.2 Å². The normalized spacial score (nSPS) is 19.9. The molecule has 266 valence electrons. The second-order valence-electron chi connectivity index (χ2n) is 11.0. The van der Waals surface area contributed by atoms with Gasteiger partial charge in [0.1, 0.15) is 23.4 Å². The van der Waals surface area contributed by atoms with Crippen molar-refractivity contribution >= 4 is 35.4 Å². The van der Waals surface area contributed by atoms with E-state index in [1.165, 1.54) is 6.20 Å². The third kappa shape index (κ3) is 16.0. The minimum Gasteiger partial charge on any atom is -0.465 e. The average Bonchev–Trinajstić information content (AvgIpc) is 3.37. The summed E-state index contributed by atoms with van der Waals surface area (Å²) in [5, 5.41) is 0. The number of carbonyl (C=O) groups is 2. The van der Waals surface area contributed by atoms with E-state index in [0.717, 1.165) is 4.57 Å². The third-order valence-electron chi connectivity index (χ3n) is 5.75. The lowest BCUT2D eigenvalue weighted by Gasteiger charge is -2.20. The predicted molar refractivity (Wildman–Crippen MR) is 159 cm³/mol. The van der Waals surface area contributed by atoms with Gasteiger partial charge in [-0.3, -0.25) is 28.5 Å². The van der Waals surface area contributed by atoms with Crippen LogP contribution in [0.15, 0.2) is 15.8 Å². The van der Waals surface area contributed by atoms with E-state index < -0.39 is 77.2 Å². The van der Waals surface area contributed by atoms with Gasteiger partial charge in [-0.2, -0.15) is 8.62 Å². The van der Waals surface area contributed by atoms with Crippen molar-refractivity contribution in [3.8, 4) is 11.8 Å². The number of nitrogens with zero attached hydrogens (tertiary/aromatic N) is 1. The zero-order valence-corrected chi connectivity index (χ0v) is 28.3. The first-order chi connectivity index (χ1) is 21.6. The van der Waals surface area contributed by atoms with Crippen LogP contribution >= 0.6 is 23.5 Å². The van der Waals surface area contributed by atoms with E-state index in [1.807, 2.05) is 0 Å². The van der Waals surface area contributed by atoms with Gasteiger partial charge in [0.2, 0.25) is 0 Å². The summed E-state index contributed by atoms with van der Waals surface area (Å²) in [5.74, 6) is 4.31. The lowest BCUT2D eigenvalue weighted by atomic mass is 10.1. The molecule has 0 amide bonds. The van der Waals surface area contributed by atoms with Crippen LogP contribution in [0.4, 0.5) is 0 Å². The summed E-state index contributed by atoms with van der Waals surface area (Å²) in [5.41, 5.74) is 3.48. The summed E-state index contributed by atoms with van der Waals surface area (Å²) in [4.78, 5) is 86.5. The van der Waals surface area contributed by atoms with Crippen molar-refractivity contribution in [2.24, 2.45) is 5.73 Å². The molecular formula is C24H38N3O17P3. The molecule has 0 aliphatic carbocycles. The lowest BCUT2D eigenvalue weighted by Crippen LogP contribution is -2.34. The molecule has 0 spiro atoms. The number of rotatable bonds is 16. The summed E-state index contributed by atoms with van der Waals surface area (Å²) in [6.07, 6.45) is 0.891. The highest BCUT2D eigenvalue weighted by atomic mass is 31.3. The fourth-order valence-electron chi connectivity index (χ4n) is 3.82. The summed E-state index contributed by atoms with van der Waals surface area (Å²) in [7, 11) is -16.6. The van der Waals surface area contributed by atoms with Crippen molar-refractivity contribution in [3.63, 3.8) is 0 Å². The number of H-pyrrole nitrogens is 1. The zero-order valence-electron chi connectivity index (χ0n) is 25.6. The van der Waals surface area contributed by atoms with Crippen molar-refractivity contribution in [1.29, 1.82) is 0 Å². The maximum Gasteiger partial charge on any atom is 0.490 e. The molecule has 1 fully saturated rings. The number of esters is 2. The number of hydrogen-bond acceptors (Lipinski definition) is 14. The molecule has 0 bridgehead atoms. The number of aromatic nitrogens is 2. The van der Waals surface area contributed by atoms with Crippen LogP contribution in [-0.2, 0) is 50.6 Å². The number of hydrogen-bond donors (Lipinski definition) is 6. The van der Waals surface area contributed by atoms with Crippen LogP contribution < -0.4 is 17.0 Å². The molecule has 0 aromatic carbocycles. The number of phosphoric ester groups is 1. The molecule has 47 heavy (non-hydrogen) atoms. The second-order valence-corrected chi connectivity index (χ2v) is 15.5. The number of nitrogens with two attached hydrogens (primary N) is 1. The van der Waals surface area contributed by atoms with Crippen molar-refractivity contribution in [2.45, 2.75) is 89.7 Å². The van der Waals surface area contributed by atoms with E-state index in [1.54, 1.807) is 20.8 Å². The smallest absolute Gasteiger partial charge is 0.465 e. The van der Waals surface area contributed by atoms with Crippen LogP contribution in [0.2, 0.25) is 0 Å². The Balaban J connectivity index is 1.82. The number of phosphoric acid groups is 3. The first-order valence-electron chi connectivity index (χ1n) is 14.0. The van der Waals surface area contributed by atoms with Gasteiger partial charge < -0.3 is 39.5 Å². The molecule has 1 aliphatic rings. The molecule has 1 aromatic rings. The van der Waals surface area contributed by atoms with Gasteiger partial charge in [0.15, 0.2) is 0 Å². The van der Waals surface area contributed by atoms with Gasteiger partial charge in [-0.25, -0.2) is 18.5 Å². The summed E-state index contributed by atoms with van der Waals surface area (Å²) in [6, 6.07) is -0.980. The summed E-state index contributed by atoms with van der Waals surface area (Å²) in [6.45, 7) is 4.55. The second kappa shape index (κ2) is 17.3. The molecule has 1 aromatic heterocycles.